The zero-order chi connectivity index (χ0) is 20.0. The maximum atomic E-state index is 12.7. The first kappa shape index (κ1) is 22.2. The molecule has 0 aliphatic heterocycles. The lowest BCUT2D eigenvalue weighted by molar-refractivity contribution is -0.142. The first-order valence-electron chi connectivity index (χ1n) is 8.77. The minimum absolute atomic E-state index is 0.237. The Balaban J connectivity index is 3.06. The van der Waals surface area contributed by atoms with Crippen molar-refractivity contribution in [2.45, 2.75) is 57.7 Å². The highest BCUT2D eigenvalue weighted by atomic mass is 32.2. The highest BCUT2D eigenvalue weighted by molar-refractivity contribution is 7.92. The van der Waals surface area contributed by atoms with Crippen molar-refractivity contribution in [2.75, 3.05) is 5.75 Å². The van der Waals surface area contributed by atoms with Gasteiger partial charge in [0.1, 0.15) is 6.04 Å². The van der Waals surface area contributed by atoms with Crippen LogP contribution in [0.1, 0.15) is 46.1 Å². The molecular weight excluding hydrogens is 354 g/mol. The van der Waals surface area contributed by atoms with Crippen molar-refractivity contribution >= 4 is 21.7 Å². The lowest BCUT2D eigenvalue weighted by atomic mass is 9.99. The molecule has 146 valence electrons. The van der Waals surface area contributed by atoms with Gasteiger partial charge in [0.2, 0.25) is 5.91 Å². The summed E-state index contributed by atoms with van der Waals surface area (Å²) < 4.78 is 24.2. The van der Waals surface area contributed by atoms with Gasteiger partial charge in [0.15, 0.2) is 9.84 Å². The first-order valence-corrected chi connectivity index (χ1v) is 10.4. The van der Waals surface area contributed by atoms with E-state index in [4.69, 9.17) is 0 Å². The maximum Gasteiger partial charge on any atom is 0.326 e. The van der Waals surface area contributed by atoms with E-state index in [2.05, 4.69) is 5.32 Å². The summed E-state index contributed by atoms with van der Waals surface area (Å²) in [4.78, 5) is 24.0. The van der Waals surface area contributed by atoms with Gasteiger partial charge in [0.05, 0.1) is 16.4 Å². The maximum absolute atomic E-state index is 12.7. The molecule has 1 rings (SSSR count). The topological polar surface area (TPSA) is 101 Å². The number of carboxylic acids is 1. The zero-order valence-electron chi connectivity index (χ0n) is 15.9. The second kappa shape index (κ2) is 9.16. The average Bonchev–Trinajstić information content (AvgIpc) is 2.53. The number of rotatable bonds is 9. The first-order chi connectivity index (χ1) is 12.0. The fourth-order valence-corrected chi connectivity index (χ4v) is 3.78. The second-order valence-corrected chi connectivity index (χ2v) is 10.3. The van der Waals surface area contributed by atoms with E-state index >= 15 is 0 Å². The van der Waals surface area contributed by atoms with Crippen LogP contribution >= 0.6 is 0 Å². The molecule has 0 aliphatic rings. The Hall–Kier alpha value is -1.89. The zero-order valence-corrected chi connectivity index (χ0v) is 16.7. The van der Waals surface area contributed by atoms with Gasteiger partial charge in [0, 0.05) is 0 Å². The van der Waals surface area contributed by atoms with E-state index in [-0.39, 0.29) is 12.2 Å². The molecule has 0 spiro atoms. The molecule has 7 heteroatoms. The van der Waals surface area contributed by atoms with Crippen molar-refractivity contribution in [2.24, 2.45) is 5.92 Å². The number of carbonyl (C=O) groups excluding carboxylic acids is 1. The molecule has 1 unspecified atom stereocenters. The van der Waals surface area contributed by atoms with Crippen molar-refractivity contribution < 1.29 is 23.1 Å². The van der Waals surface area contributed by atoms with Crippen LogP contribution in [0.2, 0.25) is 0 Å². The molecule has 26 heavy (non-hydrogen) atoms. The Kier molecular flexibility index (Phi) is 7.81. The van der Waals surface area contributed by atoms with Crippen molar-refractivity contribution in [3.8, 4) is 0 Å². The summed E-state index contributed by atoms with van der Waals surface area (Å²) in [6, 6.07) is 8.11. The SMILES string of the molecule is CCC[C@H](NC(=O)C(Cc1ccccc1)CS(=O)(=O)C(C)(C)C)C(=O)O. The average molecular weight is 384 g/mol. The van der Waals surface area contributed by atoms with Crippen LogP contribution in [0.3, 0.4) is 0 Å². The molecule has 0 fully saturated rings. The number of sulfone groups is 1. The molecule has 1 amide bonds. The summed E-state index contributed by atoms with van der Waals surface area (Å²) in [5.74, 6) is -2.82. The van der Waals surface area contributed by atoms with Crippen LogP contribution in [0.25, 0.3) is 0 Å². The monoisotopic (exact) mass is 383 g/mol. The lowest BCUT2D eigenvalue weighted by Crippen LogP contribution is -2.46. The van der Waals surface area contributed by atoms with Crippen LogP contribution in [-0.2, 0) is 25.8 Å². The fraction of sp³-hybridized carbons (Fsp3) is 0.579. The molecule has 0 bridgehead atoms. The van der Waals surface area contributed by atoms with Crippen molar-refractivity contribution in [3.05, 3.63) is 35.9 Å². The molecule has 0 heterocycles. The summed E-state index contributed by atoms with van der Waals surface area (Å²) >= 11 is 0. The molecule has 2 N–H and O–H groups in total. The van der Waals surface area contributed by atoms with Gasteiger partial charge in [-0.2, -0.15) is 0 Å². The molecule has 0 aliphatic carbocycles. The van der Waals surface area contributed by atoms with Crippen LogP contribution in [0.15, 0.2) is 30.3 Å². The standard InChI is InChI=1S/C19H29NO5S/c1-5-9-16(18(22)23)20-17(21)15(12-14-10-7-6-8-11-14)13-26(24,25)19(2,3)4/h6-8,10-11,15-16H,5,9,12-13H2,1-4H3,(H,20,21)(H,22,23)/t15?,16-/m0/s1. The summed E-state index contributed by atoms with van der Waals surface area (Å²) in [7, 11) is -3.54. The Morgan fingerprint density at radius 1 is 1.15 bits per heavy atom. The van der Waals surface area contributed by atoms with Gasteiger partial charge in [0.25, 0.3) is 0 Å². The third-order valence-electron chi connectivity index (χ3n) is 4.24. The smallest absolute Gasteiger partial charge is 0.326 e. The second-order valence-electron chi connectivity index (χ2n) is 7.47. The lowest BCUT2D eigenvalue weighted by Gasteiger charge is -2.25. The van der Waals surface area contributed by atoms with E-state index in [0.29, 0.717) is 12.8 Å². The molecule has 2 atom stereocenters. The normalized spacial score (nSPS) is 14.5. The van der Waals surface area contributed by atoms with Gasteiger partial charge in [-0.3, -0.25) is 4.79 Å². The third kappa shape index (κ3) is 6.44. The number of carbonyl (C=O) groups is 2. The number of carboxylic acid groups (broad SMARTS) is 1. The van der Waals surface area contributed by atoms with E-state index in [1.54, 1.807) is 20.8 Å². The van der Waals surface area contributed by atoms with Crippen LogP contribution in [0.5, 0.6) is 0 Å². The number of aliphatic carboxylic acids is 1. The van der Waals surface area contributed by atoms with Crippen molar-refractivity contribution in [1.29, 1.82) is 0 Å². The van der Waals surface area contributed by atoms with Gasteiger partial charge in [-0.25, -0.2) is 13.2 Å². The van der Waals surface area contributed by atoms with Crippen LogP contribution in [0, 0.1) is 5.92 Å². The number of amides is 1. The summed E-state index contributed by atoms with van der Waals surface area (Å²) in [5, 5.41) is 11.8. The van der Waals surface area contributed by atoms with Crippen LogP contribution in [-0.4, -0.2) is 41.9 Å². The van der Waals surface area contributed by atoms with Crippen LogP contribution < -0.4 is 5.32 Å². The number of hydrogen-bond acceptors (Lipinski definition) is 4. The van der Waals surface area contributed by atoms with E-state index in [0.717, 1.165) is 5.56 Å². The van der Waals surface area contributed by atoms with Crippen LogP contribution in [0.4, 0.5) is 0 Å². The van der Waals surface area contributed by atoms with Crippen molar-refractivity contribution in [3.63, 3.8) is 0 Å². The Labute approximate surface area is 155 Å². The minimum atomic E-state index is -3.54. The number of nitrogens with one attached hydrogen (secondary N) is 1. The fourth-order valence-electron chi connectivity index (χ4n) is 2.48. The summed E-state index contributed by atoms with van der Waals surface area (Å²) in [6.07, 6.45) is 1.13. The van der Waals surface area contributed by atoms with E-state index in [9.17, 15) is 23.1 Å². The molecule has 0 aromatic heterocycles. The molecule has 0 radical (unpaired) electrons. The molecule has 1 aromatic rings. The Morgan fingerprint density at radius 3 is 2.19 bits per heavy atom. The molecule has 6 nitrogen and oxygen atoms in total. The van der Waals surface area contributed by atoms with Gasteiger partial charge >= 0.3 is 5.97 Å². The predicted octanol–water partition coefficient (Wildman–Crippen LogP) is 2.43. The van der Waals surface area contributed by atoms with E-state index in [1.807, 2.05) is 37.3 Å². The minimum Gasteiger partial charge on any atom is -0.480 e. The largest absolute Gasteiger partial charge is 0.480 e. The number of hydrogen-bond donors (Lipinski definition) is 2. The number of benzene rings is 1. The molecule has 1 aromatic carbocycles. The Morgan fingerprint density at radius 2 is 1.73 bits per heavy atom. The summed E-state index contributed by atoms with van der Waals surface area (Å²) in [5.41, 5.74) is 0.833. The van der Waals surface area contributed by atoms with E-state index in [1.165, 1.54) is 0 Å². The highest BCUT2D eigenvalue weighted by Crippen LogP contribution is 2.21. The van der Waals surface area contributed by atoms with E-state index < -0.39 is 38.4 Å². The van der Waals surface area contributed by atoms with Gasteiger partial charge in [-0.15, -0.1) is 0 Å². The van der Waals surface area contributed by atoms with Gasteiger partial charge < -0.3 is 10.4 Å². The Bertz CT molecular complexity index is 707. The quantitative estimate of drug-likeness (QED) is 0.682. The summed E-state index contributed by atoms with van der Waals surface area (Å²) in [6.45, 7) is 6.61. The molecule has 0 saturated carbocycles. The molecular formula is C19H29NO5S. The highest BCUT2D eigenvalue weighted by Gasteiger charge is 2.35. The van der Waals surface area contributed by atoms with Gasteiger partial charge in [-0.1, -0.05) is 43.7 Å². The third-order valence-corrected chi connectivity index (χ3v) is 6.95. The van der Waals surface area contributed by atoms with Crippen molar-refractivity contribution in [1.82, 2.24) is 5.32 Å². The van der Waals surface area contributed by atoms with Gasteiger partial charge in [-0.05, 0) is 39.2 Å². The predicted molar refractivity (Wildman–Crippen MR) is 102 cm³/mol. The molecule has 0 saturated heterocycles.